The highest BCUT2D eigenvalue weighted by molar-refractivity contribution is 5.96. The molecule has 2 nitrogen and oxygen atoms in total. The number of terminal acetylenes is 1. The summed E-state index contributed by atoms with van der Waals surface area (Å²) in [7, 11) is 0. The minimum absolute atomic E-state index is 0.144. The fraction of sp³-hybridized carbons (Fsp3) is 0.438. The smallest absolute Gasteiger partial charge is 0.162 e. The Morgan fingerprint density at radius 2 is 2.00 bits per heavy atom. The van der Waals surface area contributed by atoms with Gasteiger partial charge in [-0.05, 0) is 37.1 Å². The molecule has 0 saturated heterocycles. The molecule has 0 aliphatic carbocycles. The minimum Gasteiger partial charge on any atom is -0.494 e. The van der Waals surface area contributed by atoms with Gasteiger partial charge in [0, 0.05) is 18.4 Å². The number of unbranched alkanes of at least 4 members (excludes halogenated alkanes) is 2. The van der Waals surface area contributed by atoms with E-state index in [1.807, 2.05) is 24.3 Å². The molecule has 96 valence electrons. The van der Waals surface area contributed by atoms with Crippen molar-refractivity contribution in [3.63, 3.8) is 0 Å². The molecule has 0 saturated carbocycles. The number of ketones is 1. The van der Waals surface area contributed by atoms with Gasteiger partial charge in [-0.1, -0.05) is 13.3 Å². The third-order valence-corrected chi connectivity index (χ3v) is 2.67. The highest BCUT2D eigenvalue weighted by atomic mass is 16.5. The zero-order valence-corrected chi connectivity index (χ0v) is 10.9. The summed E-state index contributed by atoms with van der Waals surface area (Å²) < 4.78 is 5.54. The molecule has 1 aromatic carbocycles. The van der Waals surface area contributed by atoms with Crippen molar-refractivity contribution >= 4 is 5.78 Å². The third kappa shape index (κ3) is 5.05. The van der Waals surface area contributed by atoms with E-state index in [0.717, 1.165) is 37.2 Å². The van der Waals surface area contributed by atoms with Crippen molar-refractivity contribution in [1.29, 1.82) is 0 Å². The molecule has 0 bridgehead atoms. The standard InChI is InChI=1S/C16H20O2/c1-3-5-7-8-16(17)14-9-11-15(12-10-14)18-13-6-4-2/h1,9-12H,4-8,13H2,2H3. The molecule has 0 spiro atoms. The molecule has 0 atom stereocenters. The lowest BCUT2D eigenvalue weighted by atomic mass is 10.1. The summed E-state index contributed by atoms with van der Waals surface area (Å²) in [5.41, 5.74) is 0.731. The van der Waals surface area contributed by atoms with Crippen LogP contribution in [-0.2, 0) is 0 Å². The number of benzene rings is 1. The van der Waals surface area contributed by atoms with Crippen molar-refractivity contribution in [3.05, 3.63) is 29.8 Å². The van der Waals surface area contributed by atoms with Gasteiger partial charge in [-0.15, -0.1) is 12.3 Å². The average molecular weight is 244 g/mol. The molecule has 1 rings (SSSR count). The van der Waals surface area contributed by atoms with Crippen LogP contribution in [-0.4, -0.2) is 12.4 Å². The predicted molar refractivity (Wildman–Crippen MR) is 73.9 cm³/mol. The van der Waals surface area contributed by atoms with Crippen LogP contribution in [0.3, 0.4) is 0 Å². The summed E-state index contributed by atoms with van der Waals surface area (Å²) in [4.78, 5) is 11.8. The Labute approximate surface area is 109 Å². The fourth-order valence-electron chi connectivity index (χ4n) is 1.57. The van der Waals surface area contributed by atoms with E-state index in [9.17, 15) is 4.79 Å². The molecule has 0 heterocycles. The number of Topliss-reactive ketones (excluding diaryl/α,β-unsaturated/α-hetero) is 1. The second-order valence-electron chi connectivity index (χ2n) is 4.21. The summed E-state index contributed by atoms with van der Waals surface area (Å²) in [5, 5.41) is 0. The maximum atomic E-state index is 11.8. The number of rotatable bonds is 8. The normalized spacial score (nSPS) is 9.78. The van der Waals surface area contributed by atoms with Gasteiger partial charge < -0.3 is 4.74 Å². The molecule has 18 heavy (non-hydrogen) atoms. The van der Waals surface area contributed by atoms with Gasteiger partial charge in [0.1, 0.15) is 5.75 Å². The van der Waals surface area contributed by atoms with E-state index in [-0.39, 0.29) is 5.78 Å². The minimum atomic E-state index is 0.144. The lowest BCUT2D eigenvalue weighted by Crippen LogP contribution is -2.00. The molecule has 2 heteroatoms. The first-order valence-electron chi connectivity index (χ1n) is 6.47. The Morgan fingerprint density at radius 1 is 1.28 bits per heavy atom. The van der Waals surface area contributed by atoms with Crippen LogP contribution in [0.15, 0.2) is 24.3 Å². The Bertz CT molecular complexity index is 398. The first-order valence-corrected chi connectivity index (χ1v) is 6.47. The quantitative estimate of drug-likeness (QED) is 0.394. The van der Waals surface area contributed by atoms with E-state index >= 15 is 0 Å². The molecule has 0 radical (unpaired) electrons. The van der Waals surface area contributed by atoms with Crippen molar-refractivity contribution in [3.8, 4) is 18.1 Å². The molecule has 0 aliphatic rings. The Morgan fingerprint density at radius 3 is 2.61 bits per heavy atom. The van der Waals surface area contributed by atoms with Crippen LogP contribution in [0, 0.1) is 12.3 Å². The van der Waals surface area contributed by atoms with E-state index in [2.05, 4.69) is 12.8 Å². The highest BCUT2D eigenvalue weighted by Gasteiger charge is 2.05. The molecule has 1 aromatic rings. The number of hydrogen-bond acceptors (Lipinski definition) is 2. The van der Waals surface area contributed by atoms with Crippen LogP contribution < -0.4 is 4.74 Å². The van der Waals surface area contributed by atoms with E-state index in [0.29, 0.717) is 12.8 Å². The van der Waals surface area contributed by atoms with Crippen LogP contribution >= 0.6 is 0 Å². The molecule has 0 aromatic heterocycles. The Hall–Kier alpha value is -1.75. The zero-order valence-electron chi connectivity index (χ0n) is 10.9. The van der Waals surface area contributed by atoms with Gasteiger partial charge in [0.25, 0.3) is 0 Å². The molecule has 0 amide bonds. The molecular weight excluding hydrogens is 224 g/mol. The SMILES string of the molecule is C#CCCCC(=O)c1ccc(OCCCC)cc1. The Kier molecular flexibility index (Phi) is 6.64. The van der Waals surface area contributed by atoms with Crippen LogP contribution in [0.2, 0.25) is 0 Å². The summed E-state index contributed by atoms with van der Waals surface area (Å²) in [6, 6.07) is 7.34. The monoisotopic (exact) mass is 244 g/mol. The summed E-state index contributed by atoms with van der Waals surface area (Å²) in [5.74, 6) is 3.51. The average Bonchev–Trinajstić information content (AvgIpc) is 2.40. The lowest BCUT2D eigenvalue weighted by Gasteiger charge is -2.06. The van der Waals surface area contributed by atoms with E-state index in [4.69, 9.17) is 11.2 Å². The van der Waals surface area contributed by atoms with Crippen LogP contribution in [0.25, 0.3) is 0 Å². The predicted octanol–water partition coefficient (Wildman–Crippen LogP) is 3.85. The van der Waals surface area contributed by atoms with Crippen LogP contribution in [0.5, 0.6) is 5.75 Å². The summed E-state index contributed by atoms with van der Waals surface area (Å²) in [6.07, 6.45) is 9.24. The van der Waals surface area contributed by atoms with E-state index in [1.54, 1.807) is 0 Å². The number of carbonyl (C=O) groups excluding carboxylic acids is 1. The molecule has 0 fully saturated rings. The van der Waals surface area contributed by atoms with E-state index < -0.39 is 0 Å². The topological polar surface area (TPSA) is 26.3 Å². The van der Waals surface area contributed by atoms with Crippen molar-refractivity contribution in [2.45, 2.75) is 39.0 Å². The summed E-state index contributed by atoms with van der Waals surface area (Å²) in [6.45, 7) is 2.85. The van der Waals surface area contributed by atoms with Gasteiger partial charge in [0.15, 0.2) is 5.78 Å². The molecule has 0 unspecified atom stereocenters. The lowest BCUT2D eigenvalue weighted by molar-refractivity contribution is 0.0980. The highest BCUT2D eigenvalue weighted by Crippen LogP contribution is 2.14. The van der Waals surface area contributed by atoms with Crippen LogP contribution in [0.4, 0.5) is 0 Å². The fourth-order valence-corrected chi connectivity index (χ4v) is 1.57. The molecule has 0 aliphatic heterocycles. The molecular formula is C16H20O2. The molecule has 0 N–H and O–H groups in total. The first-order chi connectivity index (χ1) is 8.77. The largest absolute Gasteiger partial charge is 0.494 e. The van der Waals surface area contributed by atoms with Gasteiger partial charge >= 0.3 is 0 Å². The number of ether oxygens (including phenoxy) is 1. The van der Waals surface area contributed by atoms with Crippen molar-refractivity contribution in [2.24, 2.45) is 0 Å². The first kappa shape index (κ1) is 14.3. The van der Waals surface area contributed by atoms with Gasteiger partial charge in [-0.3, -0.25) is 4.79 Å². The van der Waals surface area contributed by atoms with Gasteiger partial charge in [0.2, 0.25) is 0 Å². The van der Waals surface area contributed by atoms with Crippen LogP contribution in [0.1, 0.15) is 49.4 Å². The van der Waals surface area contributed by atoms with Crippen molar-refractivity contribution in [1.82, 2.24) is 0 Å². The van der Waals surface area contributed by atoms with Gasteiger partial charge in [-0.2, -0.15) is 0 Å². The maximum Gasteiger partial charge on any atom is 0.162 e. The third-order valence-electron chi connectivity index (χ3n) is 2.67. The second kappa shape index (κ2) is 8.36. The Balaban J connectivity index is 2.44. The number of carbonyl (C=O) groups is 1. The zero-order chi connectivity index (χ0) is 13.2. The van der Waals surface area contributed by atoms with Crippen molar-refractivity contribution < 1.29 is 9.53 Å². The van der Waals surface area contributed by atoms with Crippen molar-refractivity contribution in [2.75, 3.05) is 6.61 Å². The van der Waals surface area contributed by atoms with Gasteiger partial charge in [0.05, 0.1) is 6.61 Å². The second-order valence-corrected chi connectivity index (χ2v) is 4.21. The number of hydrogen-bond donors (Lipinski definition) is 0. The maximum absolute atomic E-state index is 11.8. The van der Waals surface area contributed by atoms with Gasteiger partial charge in [-0.25, -0.2) is 0 Å². The summed E-state index contributed by atoms with van der Waals surface area (Å²) >= 11 is 0. The van der Waals surface area contributed by atoms with E-state index in [1.165, 1.54) is 0 Å².